The molecule has 4 nitrogen and oxygen atoms in total. The predicted molar refractivity (Wildman–Crippen MR) is 91.7 cm³/mol. The fourth-order valence-corrected chi connectivity index (χ4v) is 4.43. The van der Waals surface area contributed by atoms with Gasteiger partial charge < -0.3 is 10.2 Å². The van der Waals surface area contributed by atoms with Crippen molar-refractivity contribution in [3.63, 3.8) is 0 Å². The Morgan fingerprint density at radius 3 is 2.38 bits per heavy atom. The third-order valence-electron chi connectivity index (χ3n) is 5.27. The molecule has 1 fully saturated rings. The van der Waals surface area contributed by atoms with E-state index in [4.69, 9.17) is 0 Å². The molecule has 0 saturated heterocycles. The molecule has 0 bridgehead atoms. The predicted octanol–water partition coefficient (Wildman–Crippen LogP) is 2.89. The summed E-state index contributed by atoms with van der Waals surface area (Å²) >= 11 is 3.71. The molecule has 1 aromatic rings. The van der Waals surface area contributed by atoms with Crippen LogP contribution in [0.2, 0.25) is 0 Å². The van der Waals surface area contributed by atoms with Crippen molar-refractivity contribution in [2.24, 2.45) is 7.05 Å². The molecule has 21 heavy (non-hydrogen) atoms. The van der Waals surface area contributed by atoms with Crippen molar-refractivity contribution in [3.05, 3.63) is 15.9 Å². The Morgan fingerprint density at radius 2 is 1.95 bits per heavy atom. The van der Waals surface area contributed by atoms with Crippen molar-refractivity contribution in [3.8, 4) is 0 Å². The van der Waals surface area contributed by atoms with Gasteiger partial charge in [-0.2, -0.15) is 5.10 Å². The van der Waals surface area contributed by atoms with Gasteiger partial charge in [-0.05, 0) is 56.8 Å². The summed E-state index contributed by atoms with van der Waals surface area (Å²) in [5.74, 6) is 0. The first-order valence-corrected chi connectivity index (χ1v) is 8.74. The van der Waals surface area contributed by atoms with Gasteiger partial charge in [-0.25, -0.2) is 0 Å². The monoisotopic (exact) mass is 356 g/mol. The minimum atomic E-state index is 0.255. The molecule has 0 aromatic carbocycles. The zero-order chi connectivity index (χ0) is 15.6. The highest BCUT2D eigenvalue weighted by Crippen LogP contribution is 2.37. The second kappa shape index (κ2) is 6.80. The van der Waals surface area contributed by atoms with Crippen LogP contribution in [0, 0.1) is 6.92 Å². The summed E-state index contributed by atoms with van der Waals surface area (Å²) in [6.07, 6.45) is 7.61. The Morgan fingerprint density at radius 1 is 1.33 bits per heavy atom. The number of nitrogens with zero attached hydrogens (tertiary/aromatic N) is 3. The van der Waals surface area contributed by atoms with E-state index in [-0.39, 0.29) is 5.54 Å². The van der Waals surface area contributed by atoms with E-state index in [1.807, 2.05) is 11.7 Å². The molecular formula is C16H29BrN4. The maximum absolute atomic E-state index is 4.54. The van der Waals surface area contributed by atoms with Crippen LogP contribution >= 0.6 is 15.9 Å². The molecule has 0 amide bonds. The van der Waals surface area contributed by atoms with Crippen LogP contribution in [0.4, 0.5) is 0 Å². The van der Waals surface area contributed by atoms with E-state index >= 15 is 0 Å². The minimum Gasteiger partial charge on any atom is -0.315 e. The van der Waals surface area contributed by atoms with Crippen LogP contribution in [-0.2, 0) is 13.5 Å². The molecule has 1 aliphatic carbocycles. The lowest BCUT2D eigenvalue weighted by molar-refractivity contribution is 0.0591. The SMILES string of the molecule is CNC(Cc1c(Br)c(C)nn1C)C1(N(C)C)CCCCC1. The summed E-state index contributed by atoms with van der Waals surface area (Å²) in [4.78, 5) is 2.45. The van der Waals surface area contributed by atoms with Gasteiger partial charge in [0.05, 0.1) is 15.9 Å². The fraction of sp³-hybridized carbons (Fsp3) is 0.812. The summed E-state index contributed by atoms with van der Waals surface area (Å²) in [7, 11) is 8.61. The number of hydrogen-bond donors (Lipinski definition) is 1. The highest BCUT2D eigenvalue weighted by atomic mass is 79.9. The first-order chi connectivity index (χ1) is 9.92. The van der Waals surface area contributed by atoms with Crippen molar-refractivity contribution < 1.29 is 0 Å². The van der Waals surface area contributed by atoms with E-state index < -0.39 is 0 Å². The number of rotatable bonds is 5. The molecule has 0 spiro atoms. The van der Waals surface area contributed by atoms with Crippen LogP contribution in [-0.4, -0.2) is 47.4 Å². The number of aromatic nitrogens is 2. The van der Waals surface area contributed by atoms with E-state index in [1.165, 1.54) is 37.8 Å². The third-order valence-corrected chi connectivity index (χ3v) is 6.30. The maximum atomic E-state index is 4.54. The Bertz CT molecular complexity index is 475. The molecule has 1 aromatic heterocycles. The van der Waals surface area contributed by atoms with Gasteiger partial charge in [0, 0.05) is 25.0 Å². The molecule has 2 rings (SSSR count). The van der Waals surface area contributed by atoms with Crippen LogP contribution in [0.1, 0.15) is 43.5 Å². The normalized spacial score (nSPS) is 20.0. The Hall–Kier alpha value is -0.390. The number of likely N-dealkylation sites (N-methyl/N-ethyl adjacent to an activating group) is 2. The van der Waals surface area contributed by atoms with Gasteiger partial charge in [-0.15, -0.1) is 0 Å². The zero-order valence-electron chi connectivity index (χ0n) is 14.0. The Labute approximate surface area is 137 Å². The molecule has 1 N–H and O–H groups in total. The largest absolute Gasteiger partial charge is 0.315 e. The third kappa shape index (κ3) is 3.20. The van der Waals surface area contributed by atoms with Gasteiger partial charge in [0.2, 0.25) is 0 Å². The quantitative estimate of drug-likeness (QED) is 0.880. The van der Waals surface area contributed by atoms with Crippen LogP contribution in [0.3, 0.4) is 0 Å². The Kier molecular flexibility index (Phi) is 5.49. The van der Waals surface area contributed by atoms with Gasteiger partial charge in [0.1, 0.15) is 0 Å². The van der Waals surface area contributed by atoms with Crippen molar-refractivity contribution in [2.45, 2.75) is 57.0 Å². The number of halogens is 1. The molecule has 1 saturated carbocycles. The highest BCUT2D eigenvalue weighted by Gasteiger charge is 2.41. The van der Waals surface area contributed by atoms with Crippen LogP contribution in [0.5, 0.6) is 0 Å². The van der Waals surface area contributed by atoms with Crippen molar-refractivity contribution in [1.82, 2.24) is 20.0 Å². The molecule has 1 unspecified atom stereocenters. The second-order valence-corrected chi connectivity index (χ2v) is 7.37. The average Bonchev–Trinajstić information content (AvgIpc) is 2.70. The van der Waals surface area contributed by atoms with Gasteiger partial charge >= 0.3 is 0 Å². The van der Waals surface area contributed by atoms with Crippen molar-refractivity contribution >= 4 is 15.9 Å². The van der Waals surface area contributed by atoms with Gasteiger partial charge in [-0.1, -0.05) is 19.3 Å². The molecule has 0 radical (unpaired) electrons. The van der Waals surface area contributed by atoms with E-state index in [9.17, 15) is 0 Å². The van der Waals surface area contributed by atoms with E-state index in [0.29, 0.717) is 6.04 Å². The van der Waals surface area contributed by atoms with E-state index in [2.05, 4.69) is 59.3 Å². The first-order valence-electron chi connectivity index (χ1n) is 7.95. The number of nitrogens with one attached hydrogen (secondary N) is 1. The molecule has 120 valence electrons. The molecular weight excluding hydrogens is 328 g/mol. The fourth-order valence-electron chi connectivity index (χ4n) is 3.93. The minimum absolute atomic E-state index is 0.255. The van der Waals surface area contributed by atoms with Crippen LogP contribution < -0.4 is 5.32 Å². The molecule has 1 heterocycles. The van der Waals surface area contributed by atoms with Crippen molar-refractivity contribution in [2.75, 3.05) is 21.1 Å². The van der Waals surface area contributed by atoms with E-state index in [1.54, 1.807) is 0 Å². The zero-order valence-corrected chi connectivity index (χ0v) is 15.6. The second-order valence-electron chi connectivity index (χ2n) is 6.57. The summed E-state index contributed by atoms with van der Waals surface area (Å²) in [6, 6.07) is 0.443. The maximum Gasteiger partial charge on any atom is 0.0738 e. The van der Waals surface area contributed by atoms with Gasteiger partial charge in [0.15, 0.2) is 0 Å². The lowest BCUT2D eigenvalue weighted by Gasteiger charge is -2.48. The highest BCUT2D eigenvalue weighted by molar-refractivity contribution is 9.10. The number of aryl methyl sites for hydroxylation is 2. The summed E-state index contributed by atoms with van der Waals surface area (Å²) in [5.41, 5.74) is 2.62. The van der Waals surface area contributed by atoms with Gasteiger partial charge in [0.25, 0.3) is 0 Å². The molecule has 0 aliphatic heterocycles. The summed E-state index contributed by atoms with van der Waals surface area (Å²) in [5, 5.41) is 8.14. The topological polar surface area (TPSA) is 33.1 Å². The van der Waals surface area contributed by atoms with Gasteiger partial charge in [-0.3, -0.25) is 4.68 Å². The first kappa shape index (κ1) is 17.0. The van der Waals surface area contributed by atoms with Crippen molar-refractivity contribution in [1.29, 1.82) is 0 Å². The molecule has 1 aliphatic rings. The molecule has 5 heteroatoms. The molecule has 1 atom stereocenters. The smallest absolute Gasteiger partial charge is 0.0738 e. The lowest BCUT2D eigenvalue weighted by Crippen LogP contribution is -2.60. The lowest BCUT2D eigenvalue weighted by atomic mass is 9.74. The van der Waals surface area contributed by atoms with E-state index in [0.717, 1.165) is 16.6 Å². The Balaban J connectivity index is 2.29. The summed E-state index contributed by atoms with van der Waals surface area (Å²) < 4.78 is 3.19. The standard InChI is InChI=1S/C16H29BrN4/c1-12-15(17)13(21(5)19-12)11-14(18-2)16(20(3)4)9-7-6-8-10-16/h14,18H,6-11H2,1-5H3. The van der Waals surface area contributed by atoms with Crippen LogP contribution in [0.25, 0.3) is 0 Å². The number of hydrogen-bond acceptors (Lipinski definition) is 3. The summed E-state index contributed by atoms with van der Waals surface area (Å²) in [6.45, 7) is 2.06. The average molecular weight is 357 g/mol. The van der Waals surface area contributed by atoms with Crippen LogP contribution in [0.15, 0.2) is 4.47 Å².